The van der Waals surface area contributed by atoms with E-state index >= 15 is 0 Å². The Bertz CT molecular complexity index is 609. The smallest absolute Gasteiger partial charge is 0.419 e. The van der Waals surface area contributed by atoms with Crippen LogP contribution in [-0.4, -0.2) is 7.05 Å². The Hall–Kier alpha value is -1.34. The largest absolute Gasteiger partial charge is 0.466 e. The Kier molecular flexibility index (Phi) is 4.19. The second-order valence-corrected chi connectivity index (χ2v) is 4.95. The molecule has 0 aliphatic rings. The van der Waals surface area contributed by atoms with Crippen LogP contribution in [0.1, 0.15) is 22.9 Å². The lowest BCUT2D eigenvalue weighted by atomic mass is 10.0. The van der Waals surface area contributed by atoms with Gasteiger partial charge in [-0.2, -0.15) is 13.2 Å². The molecule has 1 aromatic carbocycles. The van der Waals surface area contributed by atoms with Crippen molar-refractivity contribution >= 4 is 15.9 Å². The van der Waals surface area contributed by atoms with Crippen molar-refractivity contribution in [2.75, 3.05) is 7.05 Å². The van der Waals surface area contributed by atoms with E-state index in [-0.39, 0.29) is 5.56 Å². The van der Waals surface area contributed by atoms with Gasteiger partial charge in [-0.25, -0.2) is 4.39 Å². The normalized spacial score (nSPS) is 13.5. The predicted molar refractivity (Wildman–Crippen MR) is 68.7 cm³/mol. The number of nitrogens with one attached hydrogen (secondary N) is 1. The molecule has 0 fully saturated rings. The van der Waals surface area contributed by atoms with Crippen molar-refractivity contribution in [2.45, 2.75) is 12.2 Å². The van der Waals surface area contributed by atoms with Crippen LogP contribution >= 0.6 is 15.9 Å². The van der Waals surface area contributed by atoms with Crippen molar-refractivity contribution in [2.24, 2.45) is 0 Å². The van der Waals surface area contributed by atoms with Gasteiger partial charge in [0.1, 0.15) is 11.6 Å². The third-order valence-corrected chi connectivity index (χ3v) is 3.48. The molecule has 1 heterocycles. The topological polar surface area (TPSA) is 25.2 Å². The number of hydrogen-bond acceptors (Lipinski definition) is 2. The molecule has 1 atom stereocenters. The molecule has 0 saturated carbocycles. The molecule has 1 unspecified atom stereocenters. The first-order chi connectivity index (χ1) is 9.34. The quantitative estimate of drug-likeness (QED) is 0.823. The Labute approximate surface area is 120 Å². The second kappa shape index (κ2) is 5.57. The number of hydrogen-bond donors (Lipinski definition) is 1. The van der Waals surface area contributed by atoms with E-state index in [2.05, 4.69) is 21.2 Å². The minimum absolute atomic E-state index is 0.261. The van der Waals surface area contributed by atoms with Crippen LogP contribution in [-0.2, 0) is 6.18 Å². The maximum Gasteiger partial charge on any atom is 0.419 e. The van der Waals surface area contributed by atoms with Gasteiger partial charge in [0.25, 0.3) is 0 Å². The fourth-order valence-corrected chi connectivity index (χ4v) is 2.33. The van der Waals surface area contributed by atoms with Gasteiger partial charge in [0.2, 0.25) is 0 Å². The van der Waals surface area contributed by atoms with Gasteiger partial charge in [-0.3, -0.25) is 0 Å². The van der Waals surface area contributed by atoms with Crippen LogP contribution in [0.15, 0.2) is 39.4 Å². The van der Waals surface area contributed by atoms with Crippen LogP contribution in [0.3, 0.4) is 0 Å². The van der Waals surface area contributed by atoms with Crippen molar-refractivity contribution in [3.63, 3.8) is 0 Å². The predicted octanol–water partition coefficient (Wildman–Crippen LogP) is 4.51. The molecule has 2 nitrogen and oxygen atoms in total. The number of furan rings is 1. The van der Waals surface area contributed by atoms with Crippen LogP contribution in [0.2, 0.25) is 0 Å². The lowest BCUT2D eigenvalue weighted by molar-refractivity contribution is -0.140. The van der Waals surface area contributed by atoms with Crippen LogP contribution in [0.4, 0.5) is 17.6 Å². The Morgan fingerprint density at radius 2 is 1.95 bits per heavy atom. The van der Waals surface area contributed by atoms with Gasteiger partial charge in [0, 0.05) is 0 Å². The summed E-state index contributed by atoms with van der Waals surface area (Å²) in [4.78, 5) is 0. The summed E-state index contributed by atoms with van der Waals surface area (Å²) in [5.41, 5.74) is -1.03. The van der Waals surface area contributed by atoms with Gasteiger partial charge < -0.3 is 9.73 Å². The average Bonchev–Trinajstić information content (AvgIpc) is 2.77. The monoisotopic (exact) mass is 351 g/mol. The molecule has 108 valence electrons. The highest BCUT2D eigenvalue weighted by Gasteiger charge is 2.35. The molecule has 7 heteroatoms. The first-order valence-corrected chi connectivity index (χ1v) is 6.40. The molecule has 0 aliphatic heterocycles. The molecular weight excluding hydrogens is 342 g/mol. The maximum atomic E-state index is 13.3. The molecule has 0 bridgehead atoms. The molecule has 0 saturated heterocycles. The molecule has 2 aromatic rings. The maximum absolute atomic E-state index is 13.3. The molecule has 1 N–H and O–H groups in total. The zero-order chi connectivity index (χ0) is 14.9. The average molecular weight is 352 g/mol. The minimum atomic E-state index is -4.74. The zero-order valence-electron chi connectivity index (χ0n) is 10.3. The van der Waals surface area contributed by atoms with Crippen LogP contribution in [0.25, 0.3) is 0 Å². The van der Waals surface area contributed by atoms with Crippen molar-refractivity contribution in [3.05, 3.63) is 57.7 Å². The Morgan fingerprint density at radius 1 is 1.25 bits per heavy atom. The molecule has 20 heavy (non-hydrogen) atoms. The molecule has 0 amide bonds. The van der Waals surface area contributed by atoms with Crippen molar-refractivity contribution < 1.29 is 22.0 Å². The van der Waals surface area contributed by atoms with Crippen molar-refractivity contribution in [3.8, 4) is 0 Å². The molecule has 0 spiro atoms. The van der Waals surface area contributed by atoms with E-state index in [0.29, 0.717) is 10.2 Å². The van der Waals surface area contributed by atoms with Gasteiger partial charge in [0.15, 0.2) is 0 Å². The van der Waals surface area contributed by atoms with Gasteiger partial charge in [-0.1, -0.05) is 6.07 Å². The van der Waals surface area contributed by atoms with E-state index < -0.39 is 23.6 Å². The molecule has 2 rings (SSSR count). The van der Waals surface area contributed by atoms with Crippen molar-refractivity contribution in [1.29, 1.82) is 0 Å². The fourth-order valence-electron chi connectivity index (χ4n) is 1.90. The van der Waals surface area contributed by atoms with E-state index in [9.17, 15) is 17.6 Å². The van der Waals surface area contributed by atoms with Crippen LogP contribution in [0, 0.1) is 5.82 Å². The highest BCUT2D eigenvalue weighted by atomic mass is 79.9. The van der Waals surface area contributed by atoms with Gasteiger partial charge in [-0.05, 0) is 46.7 Å². The lowest BCUT2D eigenvalue weighted by Gasteiger charge is -2.17. The number of benzene rings is 1. The second-order valence-electron chi connectivity index (χ2n) is 4.09. The summed E-state index contributed by atoms with van der Waals surface area (Å²) < 4.78 is 57.3. The number of alkyl halides is 3. The highest BCUT2D eigenvalue weighted by molar-refractivity contribution is 9.10. The van der Waals surface area contributed by atoms with Gasteiger partial charge >= 0.3 is 6.18 Å². The summed E-state index contributed by atoms with van der Waals surface area (Å²) in [6, 6.07) is 3.90. The fraction of sp³-hybridized carbons (Fsp3) is 0.231. The van der Waals surface area contributed by atoms with E-state index in [1.807, 2.05) is 0 Å². The Balaban J connectivity index is 2.49. The summed E-state index contributed by atoms with van der Waals surface area (Å²) in [7, 11) is 1.58. The van der Waals surface area contributed by atoms with E-state index in [1.165, 1.54) is 12.3 Å². The van der Waals surface area contributed by atoms with Gasteiger partial charge in [-0.15, -0.1) is 0 Å². The molecule has 0 aliphatic carbocycles. The third-order valence-electron chi connectivity index (χ3n) is 2.82. The van der Waals surface area contributed by atoms with E-state index in [0.717, 1.165) is 12.1 Å². The van der Waals surface area contributed by atoms with E-state index in [1.54, 1.807) is 13.1 Å². The molecular formula is C13H10BrF4NO. The SMILES string of the molecule is CNC(c1ccc(F)c(C(F)(F)F)c1)c1occc1Br. The number of rotatable bonds is 3. The Morgan fingerprint density at radius 3 is 2.45 bits per heavy atom. The lowest BCUT2D eigenvalue weighted by Crippen LogP contribution is -2.19. The first kappa shape index (κ1) is 15.1. The minimum Gasteiger partial charge on any atom is -0.466 e. The summed E-state index contributed by atoms with van der Waals surface area (Å²) >= 11 is 3.25. The summed E-state index contributed by atoms with van der Waals surface area (Å²) in [6.45, 7) is 0. The standard InChI is InChI=1S/C13H10BrF4NO/c1-19-11(12-9(14)4-5-20-12)7-2-3-10(15)8(6-7)13(16,17)18/h2-6,11,19H,1H3. The zero-order valence-corrected chi connectivity index (χ0v) is 11.8. The van der Waals surface area contributed by atoms with Gasteiger partial charge in [0.05, 0.1) is 22.3 Å². The summed E-state index contributed by atoms with van der Waals surface area (Å²) in [6.07, 6.45) is -3.32. The van der Waals surface area contributed by atoms with Crippen molar-refractivity contribution in [1.82, 2.24) is 5.32 Å². The summed E-state index contributed by atoms with van der Waals surface area (Å²) in [5, 5.41) is 2.85. The van der Waals surface area contributed by atoms with Crippen LogP contribution in [0.5, 0.6) is 0 Å². The molecule has 1 aromatic heterocycles. The third kappa shape index (κ3) is 2.88. The number of halogens is 5. The van der Waals surface area contributed by atoms with Crippen LogP contribution < -0.4 is 5.32 Å². The van der Waals surface area contributed by atoms with E-state index in [4.69, 9.17) is 4.42 Å². The first-order valence-electron chi connectivity index (χ1n) is 5.61. The molecule has 0 radical (unpaired) electrons. The highest BCUT2D eigenvalue weighted by Crippen LogP contribution is 2.35. The summed E-state index contributed by atoms with van der Waals surface area (Å²) in [5.74, 6) is -0.873.